The highest BCUT2D eigenvalue weighted by atomic mass is 35.5. The zero-order valence-electron chi connectivity index (χ0n) is 17.0. The van der Waals surface area contributed by atoms with E-state index in [4.69, 9.17) is 22.1 Å². The summed E-state index contributed by atoms with van der Waals surface area (Å²) in [5.41, 5.74) is 5.81. The molecule has 31 heavy (non-hydrogen) atoms. The number of aromatic nitrogens is 1. The summed E-state index contributed by atoms with van der Waals surface area (Å²) < 4.78 is 21.6. The lowest BCUT2D eigenvalue weighted by molar-refractivity contribution is -0.141. The lowest BCUT2D eigenvalue weighted by atomic mass is 10.0. The molecule has 1 atom stereocenters. The van der Waals surface area contributed by atoms with Gasteiger partial charge in [0.25, 0.3) is 0 Å². The zero-order valence-corrected chi connectivity index (χ0v) is 18.6. The van der Waals surface area contributed by atoms with E-state index in [0.29, 0.717) is 18.6 Å². The van der Waals surface area contributed by atoms with Gasteiger partial charge in [0, 0.05) is 31.4 Å². The van der Waals surface area contributed by atoms with E-state index in [-0.39, 0.29) is 52.8 Å². The van der Waals surface area contributed by atoms with Crippen molar-refractivity contribution < 1.29 is 18.7 Å². The van der Waals surface area contributed by atoms with Crippen LogP contribution in [-0.2, 0) is 9.53 Å². The predicted octanol–water partition coefficient (Wildman–Crippen LogP) is 3.22. The fourth-order valence-corrected chi connectivity index (χ4v) is 4.40. The number of halogens is 3. The molecule has 0 amide bonds. The number of fused-ring (bicyclic) bond motifs is 1. The van der Waals surface area contributed by atoms with E-state index in [9.17, 15) is 14.4 Å². The van der Waals surface area contributed by atoms with Crippen LogP contribution in [0.5, 0.6) is 0 Å². The van der Waals surface area contributed by atoms with Gasteiger partial charge in [-0.25, -0.2) is 4.39 Å². The van der Waals surface area contributed by atoms with Crippen LogP contribution in [0.25, 0.3) is 10.9 Å². The van der Waals surface area contributed by atoms with E-state index in [1.54, 1.807) is 16.4 Å². The molecule has 7 nitrogen and oxygen atoms in total. The molecule has 1 saturated carbocycles. The number of anilines is 1. The predicted molar refractivity (Wildman–Crippen MR) is 119 cm³/mol. The molecule has 2 aromatic rings. The van der Waals surface area contributed by atoms with Gasteiger partial charge >= 0.3 is 5.97 Å². The van der Waals surface area contributed by atoms with E-state index in [0.717, 1.165) is 25.3 Å². The van der Waals surface area contributed by atoms with Crippen molar-refractivity contribution in [2.45, 2.75) is 44.7 Å². The number of Topliss-reactive ketones (excluding diaryl/α,β-unsaturated/α-hetero) is 1. The molecule has 0 bridgehead atoms. The maximum absolute atomic E-state index is 15.1. The molecule has 10 heteroatoms. The summed E-state index contributed by atoms with van der Waals surface area (Å²) in [6.45, 7) is 2.83. The summed E-state index contributed by atoms with van der Waals surface area (Å²) in [5, 5.41) is 0.179. The lowest BCUT2D eigenvalue weighted by Gasteiger charge is -2.23. The molecule has 2 fully saturated rings. The Hall–Kier alpha value is -2.16. The van der Waals surface area contributed by atoms with Crippen LogP contribution < -0.4 is 16.1 Å². The first-order chi connectivity index (χ1) is 14.3. The van der Waals surface area contributed by atoms with Crippen molar-refractivity contribution in [1.29, 1.82) is 0 Å². The molecular weight excluding hydrogens is 448 g/mol. The number of pyridine rings is 1. The molecule has 1 aliphatic heterocycles. The van der Waals surface area contributed by atoms with Crippen LogP contribution in [-0.4, -0.2) is 42.1 Å². The van der Waals surface area contributed by atoms with Crippen molar-refractivity contribution in [3.63, 3.8) is 0 Å². The lowest BCUT2D eigenvalue weighted by Crippen LogP contribution is -2.28. The molecule has 0 radical (unpaired) electrons. The molecule has 2 aliphatic rings. The molecule has 1 aromatic heterocycles. The molecule has 1 aliphatic carbocycles. The van der Waals surface area contributed by atoms with Gasteiger partial charge in [-0.15, -0.1) is 12.4 Å². The normalized spacial score (nSPS) is 18.2. The monoisotopic (exact) mass is 471 g/mol. The van der Waals surface area contributed by atoms with Crippen LogP contribution in [0.4, 0.5) is 10.1 Å². The molecule has 2 heterocycles. The number of carbonyl (C=O) groups excluding carboxylic acids is 2. The van der Waals surface area contributed by atoms with E-state index in [1.807, 2.05) is 0 Å². The molecular formula is C21H24Cl2FN3O4. The minimum absolute atomic E-state index is 0. The van der Waals surface area contributed by atoms with E-state index >= 15 is 4.39 Å². The quantitative estimate of drug-likeness (QED) is 0.394. The molecule has 0 unspecified atom stereocenters. The highest BCUT2D eigenvalue weighted by Gasteiger charge is 2.32. The average molecular weight is 472 g/mol. The van der Waals surface area contributed by atoms with Gasteiger partial charge in [0.05, 0.1) is 33.8 Å². The highest BCUT2D eigenvalue weighted by molar-refractivity contribution is 6.38. The van der Waals surface area contributed by atoms with Gasteiger partial charge in [-0.1, -0.05) is 11.6 Å². The van der Waals surface area contributed by atoms with Crippen molar-refractivity contribution in [3.05, 3.63) is 38.9 Å². The third-order valence-corrected chi connectivity index (χ3v) is 5.93. The number of hydrogen-bond donors (Lipinski definition) is 1. The topological polar surface area (TPSA) is 94.6 Å². The molecule has 2 N–H and O–H groups in total. The molecule has 0 spiro atoms. The second-order valence-electron chi connectivity index (χ2n) is 7.83. The van der Waals surface area contributed by atoms with Crippen LogP contribution in [0, 0.1) is 5.82 Å². The number of esters is 1. The van der Waals surface area contributed by atoms with Crippen molar-refractivity contribution in [3.8, 4) is 0 Å². The number of rotatable bonds is 6. The second-order valence-corrected chi connectivity index (χ2v) is 8.21. The Bertz CT molecular complexity index is 1100. The van der Waals surface area contributed by atoms with Crippen molar-refractivity contribution in [1.82, 2.24) is 4.57 Å². The Labute approximate surface area is 189 Å². The maximum Gasteiger partial charge on any atom is 0.313 e. The molecule has 4 rings (SSSR count). The summed E-state index contributed by atoms with van der Waals surface area (Å²) in [4.78, 5) is 39.2. The SMILES string of the molecule is CCOC(=O)CC(=O)c1cn(C2CC2)c2c(Cl)c(N3CC[C@H](N)C3)c(F)cc2c1=O.Cl. The smallest absolute Gasteiger partial charge is 0.313 e. The average Bonchev–Trinajstić information content (AvgIpc) is 3.44. The van der Waals surface area contributed by atoms with Crippen LogP contribution in [0.3, 0.4) is 0 Å². The Balaban J connectivity index is 0.00000272. The summed E-state index contributed by atoms with van der Waals surface area (Å²) in [7, 11) is 0. The number of nitrogens with zero attached hydrogens (tertiary/aromatic N) is 2. The van der Waals surface area contributed by atoms with Crippen molar-refractivity contribution >= 4 is 52.4 Å². The van der Waals surface area contributed by atoms with E-state index in [1.165, 1.54) is 6.20 Å². The van der Waals surface area contributed by atoms with E-state index in [2.05, 4.69) is 0 Å². The Morgan fingerprint density at radius 3 is 2.61 bits per heavy atom. The van der Waals surface area contributed by atoms with Gasteiger partial charge < -0.3 is 19.9 Å². The Morgan fingerprint density at radius 2 is 2.03 bits per heavy atom. The van der Waals surface area contributed by atoms with Crippen LogP contribution in [0.15, 0.2) is 17.1 Å². The highest BCUT2D eigenvalue weighted by Crippen LogP contribution is 2.42. The third kappa shape index (κ3) is 4.42. The standard InChI is InChI=1S/C21H23ClFN3O4.ClH/c1-2-30-17(28)8-16(27)14-10-26(12-3-4-12)19-13(21(14)29)7-15(23)20(18(19)22)25-6-5-11(24)9-25;/h7,10-12H,2-6,8-9,24H2,1H3;1H/t11-;/m0./s1. The number of carbonyl (C=O) groups is 2. The first-order valence-corrected chi connectivity index (χ1v) is 10.5. The van der Waals surface area contributed by atoms with Gasteiger partial charge in [-0.05, 0) is 32.3 Å². The molecule has 1 aromatic carbocycles. The fraction of sp³-hybridized carbons (Fsp3) is 0.476. The Kier molecular flexibility index (Phi) is 6.93. The number of ketones is 1. The zero-order chi connectivity index (χ0) is 21.6. The van der Waals surface area contributed by atoms with Gasteiger partial charge in [0.2, 0.25) is 0 Å². The van der Waals surface area contributed by atoms with Gasteiger partial charge in [0.15, 0.2) is 11.2 Å². The van der Waals surface area contributed by atoms with Crippen molar-refractivity contribution in [2.24, 2.45) is 5.73 Å². The number of hydrogen-bond acceptors (Lipinski definition) is 6. The molecule has 1 saturated heterocycles. The van der Waals surface area contributed by atoms with Gasteiger partial charge in [-0.3, -0.25) is 14.4 Å². The number of benzene rings is 1. The summed E-state index contributed by atoms with van der Waals surface area (Å²) in [6.07, 6.45) is 3.36. The van der Waals surface area contributed by atoms with Crippen molar-refractivity contribution in [2.75, 3.05) is 24.6 Å². The summed E-state index contributed by atoms with van der Waals surface area (Å²) in [5.74, 6) is -1.98. The van der Waals surface area contributed by atoms with E-state index < -0.39 is 29.4 Å². The van der Waals surface area contributed by atoms with Gasteiger partial charge in [0.1, 0.15) is 12.2 Å². The fourth-order valence-electron chi connectivity index (χ4n) is 3.99. The van der Waals surface area contributed by atoms with Crippen LogP contribution in [0.2, 0.25) is 5.02 Å². The first-order valence-electron chi connectivity index (χ1n) is 10.1. The third-order valence-electron chi connectivity index (χ3n) is 5.58. The van der Waals surface area contributed by atoms with Gasteiger partial charge in [-0.2, -0.15) is 0 Å². The molecule has 168 valence electrons. The summed E-state index contributed by atoms with van der Waals surface area (Å²) in [6, 6.07) is 1.14. The summed E-state index contributed by atoms with van der Waals surface area (Å²) >= 11 is 6.64. The van der Waals surface area contributed by atoms with Crippen LogP contribution in [0.1, 0.15) is 49.0 Å². The first kappa shape index (κ1) is 23.5. The number of nitrogens with two attached hydrogens (primary N) is 1. The maximum atomic E-state index is 15.1. The minimum Gasteiger partial charge on any atom is -0.466 e. The Morgan fingerprint density at radius 1 is 1.32 bits per heavy atom. The largest absolute Gasteiger partial charge is 0.466 e. The number of ether oxygens (including phenoxy) is 1. The van der Waals surface area contributed by atoms with Crippen LogP contribution >= 0.6 is 24.0 Å². The second kappa shape index (κ2) is 9.14. The minimum atomic E-state index is -0.704.